The maximum absolute atomic E-state index is 5.55. The third-order valence-electron chi connectivity index (χ3n) is 4.43. The Balaban J connectivity index is 2.15. The maximum Gasteiger partial charge on any atom is 0.205 e. The van der Waals surface area contributed by atoms with Crippen LogP contribution >= 0.6 is 0 Å². The second kappa shape index (κ2) is 7.09. The highest BCUT2D eigenvalue weighted by molar-refractivity contribution is 5.97. The first kappa shape index (κ1) is 16.6. The van der Waals surface area contributed by atoms with Crippen molar-refractivity contribution >= 4 is 16.7 Å². The van der Waals surface area contributed by atoms with Gasteiger partial charge in [-0.3, -0.25) is 0 Å². The van der Waals surface area contributed by atoms with E-state index in [4.69, 9.17) is 14.2 Å². The number of fused-ring (bicyclic) bond motifs is 1. The van der Waals surface area contributed by atoms with Crippen molar-refractivity contribution in [2.24, 2.45) is 0 Å². The Hall–Kier alpha value is -2.28. The number of nitrogens with zero attached hydrogens (tertiary/aromatic N) is 4. The smallest absolute Gasteiger partial charge is 0.205 e. The van der Waals surface area contributed by atoms with Crippen molar-refractivity contribution in [3.63, 3.8) is 0 Å². The summed E-state index contributed by atoms with van der Waals surface area (Å²) < 4.78 is 16.5. The minimum absolute atomic E-state index is 0.549. The molecule has 0 amide bonds. The lowest BCUT2D eigenvalue weighted by atomic mass is 10.1. The highest BCUT2D eigenvalue weighted by Gasteiger charge is 2.22. The Bertz CT molecular complexity index is 723. The number of aromatic nitrogens is 2. The molecule has 7 heteroatoms. The fourth-order valence-electron chi connectivity index (χ4n) is 3.16. The molecule has 2 heterocycles. The molecule has 1 saturated heterocycles. The fourth-order valence-corrected chi connectivity index (χ4v) is 3.16. The maximum atomic E-state index is 5.55. The van der Waals surface area contributed by atoms with Crippen LogP contribution in [0.3, 0.4) is 0 Å². The minimum atomic E-state index is 0.549. The predicted octanol–water partition coefficient (Wildman–Crippen LogP) is 1.80. The first-order chi connectivity index (χ1) is 11.7. The number of rotatable bonds is 4. The molecule has 2 aromatic rings. The van der Waals surface area contributed by atoms with Gasteiger partial charge in [0.25, 0.3) is 0 Å². The molecule has 0 aliphatic carbocycles. The second-order valence-electron chi connectivity index (χ2n) is 5.88. The fraction of sp³-hybridized carbons (Fsp3) is 0.529. The van der Waals surface area contributed by atoms with Crippen LogP contribution < -0.4 is 19.1 Å². The van der Waals surface area contributed by atoms with Crippen molar-refractivity contribution in [1.29, 1.82) is 0 Å². The van der Waals surface area contributed by atoms with Crippen LogP contribution in [0.1, 0.15) is 6.42 Å². The number of ether oxygens (including phenoxy) is 3. The van der Waals surface area contributed by atoms with Crippen molar-refractivity contribution in [3.8, 4) is 17.2 Å². The Morgan fingerprint density at radius 3 is 2.42 bits per heavy atom. The van der Waals surface area contributed by atoms with Crippen molar-refractivity contribution < 1.29 is 14.2 Å². The van der Waals surface area contributed by atoms with Crippen LogP contribution in [0, 0.1) is 0 Å². The molecule has 0 saturated carbocycles. The van der Waals surface area contributed by atoms with Gasteiger partial charge in [-0.1, -0.05) is 0 Å². The third kappa shape index (κ3) is 2.91. The molecule has 3 rings (SSSR count). The van der Waals surface area contributed by atoms with Crippen LogP contribution in [0.15, 0.2) is 12.4 Å². The molecule has 1 aliphatic rings. The quantitative estimate of drug-likeness (QED) is 0.846. The molecule has 0 unspecified atom stereocenters. The summed E-state index contributed by atoms with van der Waals surface area (Å²) in [6.07, 6.45) is 2.69. The van der Waals surface area contributed by atoms with E-state index in [1.165, 1.54) is 0 Å². The van der Waals surface area contributed by atoms with Gasteiger partial charge in [0.2, 0.25) is 5.75 Å². The Kier molecular flexibility index (Phi) is 4.89. The predicted molar refractivity (Wildman–Crippen MR) is 93.5 cm³/mol. The van der Waals surface area contributed by atoms with E-state index in [1.807, 2.05) is 6.07 Å². The first-order valence-corrected chi connectivity index (χ1v) is 8.06. The molecule has 0 atom stereocenters. The summed E-state index contributed by atoms with van der Waals surface area (Å²) in [5.41, 5.74) is 0.734. The molecule has 1 aromatic heterocycles. The normalized spacial score (nSPS) is 16.1. The van der Waals surface area contributed by atoms with E-state index in [9.17, 15) is 0 Å². The molecule has 7 nitrogen and oxygen atoms in total. The second-order valence-corrected chi connectivity index (χ2v) is 5.88. The minimum Gasteiger partial charge on any atom is -0.493 e. The Morgan fingerprint density at radius 1 is 0.917 bits per heavy atom. The number of methoxy groups -OCH3 is 3. The Labute approximate surface area is 142 Å². The molecule has 1 fully saturated rings. The van der Waals surface area contributed by atoms with Crippen LogP contribution in [-0.4, -0.2) is 69.4 Å². The molecule has 1 aliphatic heterocycles. The highest BCUT2D eigenvalue weighted by Crippen LogP contribution is 2.44. The van der Waals surface area contributed by atoms with Gasteiger partial charge < -0.3 is 24.0 Å². The van der Waals surface area contributed by atoms with E-state index in [0.717, 1.165) is 49.3 Å². The number of benzene rings is 1. The highest BCUT2D eigenvalue weighted by atomic mass is 16.5. The lowest BCUT2D eigenvalue weighted by Gasteiger charge is -2.24. The van der Waals surface area contributed by atoms with Crippen LogP contribution in [0.25, 0.3) is 10.9 Å². The lowest BCUT2D eigenvalue weighted by molar-refractivity contribution is 0.327. The van der Waals surface area contributed by atoms with E-state index < -0.39 is 0 Å². The zero-order chi connectivity index (χ0) is 17.1. The molecule has 0 spiro atoms. The van der Waals surface area contributed by atoms with Gasteiger partial charge in [0.05, 0.1) is 26.7 Å². The summed E-state index contributed by atoms with van der Waals surface area (Å²) in [4.78, 5) is 13.6. The molecule has 130 valence electrons. The van der Waals surface area contributed by atoms with Gasteiger partial charge in [0, 0.05) is 19.6 Å². The summed E-state index contributed by atoms with van der Waals surface area (Å²) in [7, 11) is 6.98. The van der Waals surface area contributed by atoms with Gasteiger partial charge >= 0.3 is 0 Å². The van der Waals surface area contributed by atoms with Crippen molar-refractivity contribution in [1.82, 2.24) is 14.9 Å². The van der Waals surface area contributed by atoms with Crippen LogP contribution in [0.4, 0.5) is 5.82 Å². The van der Waals surface area contributed by atoms with Gasteiger partial charge in [0.1, 0.15) is 17.7 Å². The lowest BCUT2D eigenvalue weighted by Crippen LogP contribution is -2.29. The molecule has 0 bridgehead atoms. The van der Waals surface area contributed by atoms with Crippen molar-refractivity contribution in [3.05, 3.63) is 12.4 Å². The third-order valence-corrected chi connectivity index (χ3v) is 4.43. The van der Waals surface area contributed by atoms with E-state index in [1.54, 1.807) is 27.7 Å². The topological polar surface area (TPSA) is 60.0 Å². The Morgan fingerprint density at radius 2 is 1.71 bits per heavy atom. The average molecular weight is 332 g/mol. The average Bonchev–Trinajstić information content (AvgIpc) is 2.83. The molecule has 0 radical (unpaired) electrons. The zero-order valence-electron chi connectivity index (χ0n) is 14.7. The van der Waals surface area contributed by atoms with E-state index in [0.29, 0.717) is 17.2 Å². The SMILES string of the molecule is COc1cc2c(N3CCCN(C)CC3)ncnc2c(OC)c1OC. The van der Waals surface area contributed by atoms with Gasteiger partial charge in [-0.05, 0) is 26.1 Å². The number of likely N-dealkylation sites (N-methyl/N-ethyl adjacent to an activating group) is 1. The van der Waals surface area contributed by atoms with E-state index in [-0.39, 0.29) is 0 Å². The van der Waals surface area contributed by atoms with Crippen molar-refractivity contribution in [2.45, 2.75) is 6.42 Å². The van der Waals surface area contributed by atoms with Gasteiger partial charge in [-0.15, -0.1) is 0 Å². The van der Waals surface area contributed by atoms with Crippen molar-refractivity contribution in [2.75, 3.05) is 59.5 Å². The molecule has 0 N–H and O–H groups in total. The van der Waals surface area contributed by atoms with Crippen LogP contribution in [0.2, 0.25) is 0 Å². The van der Waals surface area contributed by atoms with Gasteiger partial charge in [-0.25, -0.2) is 9.97 Å². The molecule has 1 aromatic carbocycles. The summed E-state index contributed by atoms with van der Waals surface area (Å²) in [5.74, 6) is 2.65. The standard InChI is InChI=1S/C17H24N4O3/c1-20-6-5-7-21(9-8-20)17-12-10-13(22-2)15(23-3)16(24-4)14(12)18-11-19-17/h10-11H,5-9H2,1-4H3. The number of anilines is 1. The summed E-state index contributed by atoms with van der Waals surface area (Å²) in [6, 6.07) is 1.93. The number of hydrogen-bond acceptors (Lipinski definition) is 7. The summed E-state index contributed by atoms with van der Waals surface area (Å²) in [5, 5.41) is 0.913. The zero-order valence-corrected chi connectivity index (χ0v) is 14.7. The van der Waals surface area contributed by atoms with Crippen LogP contribution in [-0.2, 0) is 0 Å². The van der Waals surface area contributed by atoms with Gasteiger partial charge in [0.15, 0.2) is 11.5 Å². The monoisotopic (exact) mass is 332 g/mol. The van der Waals surface area contributed by atoms with Gasteiger partial charge in [-0.2, -0.15) is 0 Å². The van der Waals surface area contributed by atoms with Crippen LogP contribution in [0.5, 0.6) is 17.2 Å². The first-order valence-electron chi connectivity index (χ1n) is 8.06. The summed E-state index contributed by atoms with van der Waals surface area (Å²) in [6.45, 7) is 4.00. The van der Waals surface area contributed by atoms with E-state index >= 15 is 0 Å². The molecular formula is C17H24N4O3. The largest absolute Gasteiger partial charge is 0.493 e. The molecule has 24 heavy (non-hydrogen) atoms. The van der Waals surface area contributed by atoms with E-state index in [2.05, 4.69) is 26.8 Å². The summed E-state index contributed by atoms with van der Waals surface area (Å²) >= 11 is 0. The number of hydrogen-bond donors (Lipinski definition) is 0. The molecular weight excluding hydrogens is 308 g/mol.